The number of aromatic nitrogens is 2. The Balaban J connectivity index is 1.80. The number of nitrogens with zero attached hydrogens (tertiary/aromatic N) is 3. The molecule has 0 atom stereocenters. The minimum Gasteiger partial charge on any atom is -0.492 e. The maximum Gasteiger partial charge on any atom is 0.312 e. The van der Waals surface area contributed by atoms with E-state index in [0.29, 0.717) is 29.6 Å². The predicted molar refractivity (Wildman–Crippen MR) is 88.3 cm³/mol. The molecule has 1 aromatic heterocycles. The normalized spacial score (nSPS) is 10.5. The Morgan fingerprint density at radius 3 is 2.62 bits per heavy atom. The number of nitro groups is 1. The quantitative estimate of drug-likeness (QED) is 0.468. The molecule has 1 aromatic carbocycles. The van der Waals surface area contributed by atoms with Crippen molar-refractivity contribution < 1.29 is 14.5 Å². The average Bonchev–Trinajstić information content (AvgIpc) is 2.79. The van der Waals surface area contributed by atoms with E-state index in [1.54, 1.807) is 38.1 Å². The van der Waals surface area contributed by atoms with Crippen LogP contribution < -0.4 is 10.1 Å². The van der Waals surface area contributed by atoms with Crippen molar-refractivity contribution in [3.63, 3.8) is 0 Å². The first-order valence-corrected chi connectivity index (χ1v) is 7.59. The number of amides is 1. The molecular formula is C15H17ClN4O4. The molecule has 0 aliphatic heterocycles. The van der Waals surface area contributed by atoms with E-state index >= 15 is 0 Å². The molecule has 8 nitrogen and oxygen atoms in total. The summed E-state index contributed by atoms with van der Waals surface area (Å²) in [6, 6.07) is 6.90. The maximum absolute atomic E-state index is 11.9. The van der Waals surface area contributed by atoms with E-state index in [2.05, 4.69) is 10.4 Å². The number of carbonyl (C=O) groups is 1. The fourth-order valence-electron chi connectivity index (χ4n) is 2.19. The van der Waals surface area contributed by atoms with Crippen molar-refractivity contribution in [3.8, 4) is 5.75 Å². The zero-order chi connectivity index (χ0) is 17.7. The van der Waals surface area contributed by atoms with Gasteiger partial charge in [-0.2, -0.15) is 5.10 Å². The van der Waals surface area contributed by atoms with Crippen molar-refractivity contribution >= 4 is 23.2 Å². The van der Waals surface area contributed by atoms with E-state index in [0.717, 1.165) is 0 Å². The Labute approximate surface area is 143 Å². The summed E-state index contributed by atoms with van der Waals surface area (Å²) < 4.78 is 6.78. The van der Waals surface area contributed by atoms with Crippen molar-refractivity contribution in [1.82, 2.24) is 15.1 Å². The SMILES string of the molecule is Cc1nn(CC(=O)NCCOc2ccc(Cl)cc2)c(C)c1[N+](=O)[O-]. The van der Waals surface area contributed by atoms with Gasteiger partial charge >= 0.3 is 5.69 Å². The first kappa shape index (κ1) is 17.7. The highest BCUT2D eigenvalue weighted by Gasteiger charge is 2.22. The summed E-state index contributed by atoms with van der Waals surface area (Å²) in [4.78, 5) is 22.3. The van der Waals surface area contributed by atoms with E-state index in [9.17, 15) is 14.9 Å². The van der Waals surface area contributed by atoms with Gasteiger partial charge in [0.2, 0.25) is 5.91 Å². The molecule has 9 heteroatoms. The highest BCUT2D eigenvalue weighted by molar-refractivity contribution is 6.30. The minimum absolute atomic E-state index is 0.0612. The molecular weight excluding hydrogens is 336 g/mol. The van der Waals surface area contributed by atoms with Crippen LogP contribution in [0.1, 0.15) is 11.4 Å². The van der Waals surface area contributed by atoms with Crippen molar-refractivity contribution in [2.24, 2.45) is 0 Å². The average molecular weight is 353 g/mol. The third-order valence-corrected chi connectivity index (χ3v) is 3.58. The summed E-state index contributed by atoms with van der Waals surface area (Å²) in [6.45, 7) is 3.63. The second kappa shape index (κ2) is 7.78. The van der Waals surface area contributed by atoms with Gasteiger partial charge in [-0.15, -0.1) is 0 Å². The number of nitrogens with one attached hydrogen (secondary N) is 1. The molecule has 0 aliphatic rings. The Kier molecular flexibility index (Phi) is 5.75. The highest BCUT2D eigenvalue weighted by Crippen LogP contribution is 2.21. The lowest BCUT2D eigenvalue weighted by Gasteiger charge is -2.08. The lowest BCUT2D eigenvalue weighted by Crippen LogP contribution is -2.31. The van der Waals surface area contributed by atoms with Crippen LogP contribution in [0.4, 0.5) is 5.69 Å². The van der Waals surface area contributed by atoms with E-state index in [-0.39, 0.29) is 23.8 Å². The molecule has 0 saturated heterocycles. The summed E-state index contributed by atoms with van der Waals surface area (Å²) in [7, 11) is 0. The summed E-state index contributed by atoms with van der Waals surface area (Å²) in [5, 5.41) is 18.3. The fraction of sp³-hybridized carbons (Fsp3) is 0.333. The van der Waals surface area contributed by atoms with Crippen LogP contribution >= 0.6 is 11.6 Å². The molecule has 0 saturated carbocycles. The molecule has 0 unspecified atom stereocenters. The zero-order valence-corrected chi connectivity index (χ0v) is 14.0. The molecule has 2 aromatic rings. The van der Waals surface area contributed by atoms with Crippen molar-refractivity contribution in [1.29, 1.82) is 0 Å². The third kappa shape index (κ3) is 4.45. The standard InChI is InChI=1S/C15H17ClN4O4/c1-10-15(20(22)23)11(2)19(18-10)9-14(21)17-7-8-24-13-5-3-12(16)4-6-13/h3-6H,7-9H2,1-2H3,(H,17,21). The third-order valence-electron chi connectivity index (χ3n) is 3.33. The molecule has 0 aliphatic carbocycles. The molecule has 24 heavy (non-hydrogen) atoms. The van der Waals surface area contributed by atoms with Gasteiger partial charge < -0.3 is 10.1 Å². The van der Waals surface area contributed by atoms with Crippen LogP contribution in [0.5, 0.6) is 5.75 Å². The van der Waals surface area contributed by atoms with Gasteiger partial charge in [0.25, 0.3) is 0 Å². The largest absolute Gasteiger partial charge is 0.492 e. The van der Waals surface area contributed by atoms with Crippen LogP contribution in [-0.2, 0) is 11.3 Å². The topological polar surface area (TPSA) is 99.3 Å². The molecule has 0 radical (unpaired) electrons. The zero-order valence-electron chi connectivity index (χ0n) is 13.3. The van der Waals surface area contributed by atoms with Crippen LogP contribution in [0.25, 0.3) is 0 Å². The lowest BCUT2D eigenvalue weighted by atomic mass is 10.3. The van der Waals surface area contributed by atoms with Crippen molar-refractivity contribution in [2.75, 3.05) is 13.2 Å². The number of hydrogen-bond donors (Lipinski definition) is 1. The van der Waals surface area contributed by atoms with E-state index in [1.165, 1.54) is 4.68 Å². The number of halogens is 1. The van der Waals surface area contributed by atoms with Crippen LogP contribution in [0, 0.1) is 24.0 Å². The number of rotatable bonds is 7. The lowest BCUT2D eigenvalue weighted by molar-refractivity contribution is -0.386. The van der Waals surface area contributed by atoms with Crippen molar-refractivity contribution in [3.05, 3.63) is 50.8 Å². The molecule has 1 amide bonds. The first-order valence-electron chi connectivity index (χ1n) is 7.22. The number of aryl methyl sites for hydroxylation is 1. The predicted octanol–water partition coefficient (Wildman–Crippen LogP) is 2.26. The van der Waals surface area contributed by atoms with Gasteiger partial charge in [0, 0.05) is 5.02 Å². The number of ether oxygens (including phenoxy) is 1. The first-order chi connectivity index (χ1) is 11.4. The summed E-state index contributed by atoms with van der Waals surface area (Å²) >= 11 is 5.77. The smallest absolute Gasteiger partial charge is 0.312 e. The van der Waals surface area contributed by atoms with E-state index in [4.69, 9.17) is 16.3 Å². The van der Waals surface area contributed by atoms with E-state index < -0.39 is 4.92 Å². The van der Waals surface area contributed by atoms with E-state index in [1.807, 2.05) is 0 Å². The molecule has 1 N–H and O–H groups in total. The number of carbonyl (C=O) groups excluding carboxylic acids is 1. The van der Waals surface area contributed by atoms with Crippen LogP contribution in [0.3, 0.4) is 0 Å². The molecule has 2 rings (SSSR count). The molecule has 1 heterocycles. The van der Waals surface area contributed by atoms with Gasteiger partial charge in [-0.05, 0) is 38.1 Å². The number of hydrogen-bond acceptors (Lipinski definition) is 5. The summed E-state index contributed by atoms with van der Waals surface area (Å²) in [6.07, 6.45) is 0. The Morgan fingerprint density at radius 1 is 1.38 bits per heavy atom. The number of benzene rings is 1. The minimum atomic E-state index is -0.494. The van der Waals surface area contributed by atoms with Gasteiger partial charge in [0.1, 0.15) is 30.3 Å². The molecule has 128 valence electrons. The Morgan fingerprint density at radius 2 is 2.04 bits per heavy atom. The highest BCUT2D eigenvalue weighted by atomic mass is 35.5. The van der Waals surface area contributed by atoms with Gasteiger partial charge in [0.15, 0.2) is 0 Å². The van der Waals surface area contributed by atoms with Gasteiger partial charge in [0.05, 0.1) is 11.5 Å². The Bertz CT molecular complexity index is 743. The summed E-state index contributed by atoms with van der Waals surface area (Å²) in [5.74, 6) is 0.359. The monoisotopic (exact) mass is 352 g/mol. The van der Waals surface area contributed by atoms with Gasteiger partial charge in [-0.1, -0.05) is 11.6 Å². The second-order valence-electron chi connectivity index (χ2n) is 5.09. The molecule has 0 bridgehead atoms. The summed E-state index contributed by atoms with van der Waals surface area (Å²) in [5.41, 5.74) is 0.579. The molecule has 0 fully saturated rings. The van der Waals surface area contributed by atoms with Crippen LogP contribution in [-0.4, -0.2) is 33.8 Å². The Hall–Kier alpha value is -2.61. The maximum atomic E-state index is 11.9. The van der Waals surface area contributed by atoms with Crippen LogP contribution in [0.2, 0.25) is 5.02 Å². The second-order valence-corrected chi connectivity index (χ2v) is 5.52. The van der Waals surface area contributed by atoms with Gasteiger partial charge in [-0.3, -0.25) is 19.6 Å². The fourth-order valence-corrected chi connectivity index (χ4v) is 2.31. The van der Waals surface area contributed by atoms with Crippen molar-refractivity contribution in [2.45, 2.75) is 20.4 Å². The van der Waals surface area contributed by atoms with Gasteiger partial charge in [-0.25, -0.2) is 0 Å². The molecule has 0 spiro atoms. The van der Waals surface area contributed by atoms with Crippen LogP contribution in [0.15, 0.2) is 24.3 Å².